The Morgan fingerprint density at radius 3 is 1.78 bits per heavy atom. The minimum Gasteiger partial charge on any atom is -0.481 e. The van der Waals surface area contributed by atoms with E-state index < -0.39 is 5.97 Å². The summed E-state index contributed by atoms with van der Waals surface area (Å²) < 4.78 is 0. The molecule has 3 nitrogen and oxygen atoms in total. The van der Waals surface area contributed by atoms with Crippen molar-refractivity contribution in [2.75, 3.05) is 0 Å². The van der Waals surface area contributed by atoms with Gasteiger partial charge in [-0.2, -0.15) is 0 Å². The molecule has 0 aromatic heterocycles. The van der Waals surface area contributed by atoms with Crippen molar-refractivity contribution >= 4 is 5.97 Å². The Balaban J connectivity index is 0.000000134. The third kappa shape index (κ3) is 3.79. The first-order chi connectivity index (χ1) is 13.1. The van der Waals surface area contributed by atoms with E-state index in [9.17, 15) is 9.90 Å². The Hall–Kier alpha value is -2.13. The van der Waals surface area contributed by atoms with Crippen molar-refractivity contribution in [1.82, 2.24) is 0 Å². The van der Waals surface area contributed by atoms with E-state index in [-0.39, 0.29) is 5.41 Å². The lowest BCUT2D eigenvalue weighted by molar-refractivity contribution is -0.164. The fourth-order valence-corrected chi connectivity index (χ4v) is 5.84. The Morgan fingerprint density at radius 1 is 0.852 bits per heavy atom. The van der Waals surface area contributed by atoms with Gasteiger partial charge in [0.2, 0.25) is 0 Å². The zero-order chi connectivity index (χ0) is 18.9. The summed E-state index contributed by atoms with van der Waals surface area (Å²) >= 11 is 0. The fourth-order valence-electron chi connectivity index (χ4n) is 5.84. The molecule has 4 aliphatic rings. The predicted molar refractivity (Wildman–Crippen MR) is 108 cm³/mol. The summed E-state index contributed by atoms with van der Waals surface area (Å²) in [6.45, 7) is 0.606. The molecule has 0 spiro atoms. The monoisotopic (exact) mass is 363 g/mol. The molecule has 3 heteroatoms. The van der Waals surface area contributed by atoms with Crippen molar-refractivity contribution in [3.8, 4) is 11.1 Å². The van der Waals surface area contributed by atoms with Crippen LogP contribution in [0, 0.1) is 23.2 Å². The Kier molecular flexibility index (Phi) is 5.05. The van der Waals surface area contributed by atoms with Crippen LogP contribution in [0.4, 0.5) is 0 Å². The topological polar surface area (TPSA) is 63.3 Å². The molecular weight excluding hydrogens is 334 g/mol. The van der Waals surface area contributed by atoms with E-state index in [0.717, 1.165) is 37.0 Å². The highest BCUT2D eigenvalue weighted by Crippen LogP contribution is 2.60. The van der Waals surface area contributed by atoms with E-state index in [4.69, 9.17) is 5.73 Å². The second-order valence-electron chi connectivity index (χ2n) is 8.77. The molecule has 0 saturated heterocycles. The van der Waals surface area contributed by atoms with Crippen LogP contribution >= 0.6 is 0 Å². The zero-order valence-corrected chi connectivity index (χ0v) is 15.8. The molecule has 6 rings (SSSR count). The van der Waals surface area contributed by atoms with Crippen LogP contribution in [-0.2, 0) is 11.3 Å². The predicted octanol–water partition coefficient (Wildman–Crippen LogP) is 5.10. The number of carboxylic acid groups (broad SMARTS) is 1. The van der Waals surface area contributed by atoms with Gasteiger partial charge in [-0.1, -0.05) is 54.6 Å². The van der Waals surface area contributed by atoms with E-state index in [1.807, 2.05) is 18.2 Å². The summed E-state index contributed by atoms with van der Waals surface area (Å²) in [6.07, 6.45) is 6.92. The van der Waals surface area contributed by atoms with Gasteiger partial charge < -0.3 is 10.8 Å². The van der Waals surface area contributed by atoms with E-state index in [1.165, 1.54) is 36.0 Å². The molecule has 3 N–H and O–H groups in total. The molecule has 0 amide bonds. The average molecular weight is 364 g/mol. The summed E-state index contributed by atoms with van der Waals surface area (Å²) in [5.74, 6) is 1.75. The molecule has 27 heavy (non-hydrogen) atoms. The third-order valence-corrected chi connectivity index (χ3v) is 6.79. The lowest BCUT2D eigenvalue weighted by Gasteiger charge is -2.54. The van der Waals surface area contributed by atoms with Gasteiger partial charge in [-0.05, 0) is 73.0 Å². The Morgan fingerprint density at radius 2 is 1.33 bits per heavy atom. The third-order valence-electron chi connectivity index (χ3n) is 6.79. The molecule has 0 unspecified atom stereocenters. The van der Waals surface area contributed by atoms with Gasteiger partial charge in [0.1, 0.15) is 0 Å². The standard InChI is InChI=1S/C13H13N.C11H16O2/c14-10-11-6-8-13(9-7-11)12-4-2-1-3-5-12;12-10(13)11-4-7-1-8(5-11)3-9(2-7)6-11/h1-9H,10,14H2;7-9H,1-6H2,(H,12,13). The number of carboxylic acids is 1. The van der Waals surface area contributed by atoms with Crippen molar-refractivity contribution in [3.63, 3.8) is 0 Å². The van der Waals surface area contributed by atoms with Gasteiger partial charge in [-0.15, -0.1) is 0 Å². The highest BCUT2D eigenvalue weighted by atomic mass is 16.4. The van der Waals surface area contributed by atoms with Crippen LogP contribution in [0.3, 0.4) is 0 Å². The molecule has 142 valence electrons. The molecule has 4 fully saturated rings. The van der Waals surface area contributed by atoms with Crippen LogP contribution in [0.25, 0.3) is 11.1 Å². The SMILES string of the molecule is NCc1ccc(-c2ccccc2)cc1.O=C(O)C12CC3CC(CC(C3)C1)C2. The summed E-state index contributed by atoms with van der Waals surface area (Å²) in [4.78, 5) is 11.3. The molecule has 2 aromatic carbocycles. The molecule has 0 heterocycles. The Bertz CT molecular complexity index is 747. The maximum absolute atomic E-state index is 11.3. The number of rotatable bonds is 3. The molecule has 4 saturated carbocycles. The molecule has 4 bridgehead atoms. The van der Waals surface area contributed by atoms with Crippen LogP contribution in [-0.4, -0.2) is 11.1 Å². The second-order valence-corrected chi connectivity index (χ2v) is 8.77. The lowest BCUT2D eigenvalue weighted by atomic mass is 9.49. The molecule has 2 aromatic rings. The van der Waals surface area contributed by atoms with Gasteiger partial charge in [-0.3, -0.25) is 4.79 Å². The maximum Gasteiger partial charge on any atom is 0.309 e. The van der Waals surface area contributed by atoms with Crippen molar-refractivity contribution < 1.29 is 9.90 Å². The molecule has 0 aliphatic heterocycles. The normalized spacial score (nSPS) is 30.5. The smallest absolute Gasteiger partial charge is 0.309 e. The van der Waals surface area contributed by atoms with E-state index in [1.54, 1.807) is 0 Å². The first-order valence-electron chi connectivity index (χ1n) is 10.2. The Labute approximate surface area is 161 Å². The largest absolute Gasteiger partial charge is 0.481 e. The first kappa shape index (κ1) is 18.2. The van der Waals surface area contributed by atoms with Crippen molar-refractivity contribution in [3.05, 3.63) is 60.2 Å². The molecule has 4 aliphatic carbocycles. The van der Waals surface area contributed by atoms with Crippen molar-refractivity contribution in [2.45, 2.75) is 45.1 Å². The number of hydrogen-bond acceptors (Lipinski definition) is 2. The average Bonchev–Trinajstić information content (AvgIpc) is 2.68. The van der Waals surface area contributed by atoms with Crippen LogP contribution in [0.1, 0.15) is 44.1 Å². The van der Waals surface area contributed by atoms with Crippen LogP contribution in [0.5, 0.6) is 0 Å². The molecule has 0 radical (unpaired) electrons. The summed E-state index contributed by atoms with van der Waals surface area (Å²) in [6, 6.07) is 18.7. The summed E-state index contributed by atoms with van der Waals surface area (Å²) in [5.41, 5.74) is 8.91. The van der Waals surface area contributed by atoms with E-state index in [2.05, 4.69) is 36.4 Å². The van der Waals surface area contributed by atoms with Crippen LogP contribution in [0.2, 0.25) is 0 Å². The van der Waals surface area contributed by atoms with Crippen LogP contribution < -0.4 is 5.73 Å². The molecular formula is C24H29NO2. The van der Waals surface area contributed by atoms with Gasteiger partial charge in [0.05, 0.1) is 5.41 Å². The number of carbonyl (C=O) groups is 1. The van der Waals surface area contributed by atoms with Gasteiger partial charge in [0.25, 0.3) is 0 Å². The number of nitrogens with two attached hydrogens (primary N) is 1. The maximum atomic E-state index is 11.3. The van der Waals surface area contributed by atoms with Gasteiger partial charge in [-0.25, -0.2) is 0 Å². The minimum atomic E-state index is -0.508. The van der Waals surface area contributed by atoms with Gasteiger partial charge >= 0.3 is 5.97 Å². The number of hydrogen-bond donors (Lipinski definition) is 2. The summed E-state index contributed by atoms with van der Waals surface area (Å²) in [7, 11) is 0. The van der Waals surface area contributed by atoms with Crippen molar-refractivity contribution in [1.29, 1.82) is 0 Å². The van der Waals surface area contributed by atoms with E-state index >= 15 is 0 Å². The zero-order valence-electron chi connectivity index (χ0n) is 15.8. The van der Waals surface area contributed by atoms with Gasteiger partial charge in [0.15, 0.2) is 0 Å². The minimum absolute atomic E-state index is 0.283. The first-order valence-corrected chi connectivity index (χ1v) is 10.2. The highest BCUT2D eigenvalue weighted by Gasteiger charge is 2.54. The van der Waals surface area contributed by atoms with Crippen molar-refractivity contribution in [2.24, 2.45) is 28.9 Å². The van der Waals surface area contributed by atoms with Gasteiger partial charge in [0, 0.05) is 6.54 Å². The second kappa shape index (κ2) is 7.47. The quantitative estimate of drug-likeness (QED) is 0.797. The van der Waals surface area contributed by atoms with E-state index in [0.29, 0.717) is 6.54 Å². The van der Waals surface area contributed by atoms with Crippen LogP contribution in [0.15, 0.2) is 54.6 Å². The highest BCUT2D eigenvalue weighted by molar-refractivity contribution is 5.75. The molecule has 0 atom stereocenters. The number of aliphatic carboxylic acids is 1. The fraction of sp³-hybridized carbons (Fsp3) is 0.458. The lowest BCUT2D eigenvalue weighted by Crippen LogP contribution is -2.49. The summed E-state index contributed by atoms with van der Waals surface area (Å²) in [5, 5.41) is 9.28. The number of benzene rings is 2.